The fourth-order valence-electron chi connectivity index (χ4n) is 3.12. The lowest BCUT2D eigenvalue weighted by Crippen LogP contribution is -2.43. The zero-order valence-electron chi connectivity index (χ0n) is 16.3. The molecule has 1 heterocycles. The van der Waals surface area contributed by atoms with Gasteiger partial charge in [0, 0.05) is 0 Å². The first kappa shape index (κ1) is 19.6. The van der Waals surface area contributed by atoms with Gasteiger partial charge < -0.3 is 10.1 Å². The number of benzene rings is 2. The number of aryl methyl sites for hydroxylation is 3. The molecule has 0 aliphatic carbocycles. The summed E-state index contributed by atoms with van der Waals surface area (Å²) >= 11 is 0. The average Bonchev–Trinajstić information content (AvgIpc) is 2.90. The minimum atomic E-state index is -0.894. The second-order valence-electron chi connectivity index (χ2n) is 7.45. The van der Waals surface area contributed by atoms with Crippen LogP contribution < -0.4 is 15.4 Å². The van der Waals surface area contributed by atoms with Gasteiger partial charge in [0.2, 0.25) is 0 Å². The molecule has 1 fully saturated rings. The number of nitrogens with one attached hydrogen (secondary N) is 2. The summed E-state index contributed by atoms with van der Waals surface area (Å²) in [4.78, 5) is 35.3. The van der Waals surface area contributed by atoms with Gasteiger partial charge in [0.1, 0.15) is 11.3 Å². The number of hydrogen-bond donors (Lipinski definition) is 2. The molecule has 28 heavy (non-hydrogen) atoms. The molecule has 3 amide bonds. The van der Waals surface area contributed by atoms with Crippen molar-refractivity contribution in [1.29, 1.82) is 0 Å². The first-order valence-electron chi connectivity index (χ1n) is 9.24. The van der Waals surface area contributed by atoms with Crippen LogP contribution in [0.15, 0.2) is 42.5 Å². The number of carbonyl (C=O) groups excluding carboxylic acids is 3. The van der Waals surface area contributed by atoms with Crippen molar-refractivity contribution < 1.29 is 19.1 Å². The number of carbonyl (C=O) groups is 3. The van der Waals surface area contributed by atoms with Crippen LogP contribution in [0.1, 0.15) is 35.6 Å². The Morgan fingerprint density at radius 3 is 2.29 bits per heavy atom. The Morgan fingerprint density at radius 1 is 1.00 bits per heavy atom. The normalized spacial score (nSPS) is 18.5. The molecule has 0 radical (unpaired) electrons. The van der Waals surface area contributed by atoms with E-state index in [1.54, 1.807) is 19.1 Å². The van der Waals surface area contributed by atoms with Crippen LogP contribution in [-0.4, -0.2) is 23.4 Å². The predicted molar refractivity (Wildman–Crippen MR) is 105 cm³/mol. The van der Waals surface area contributed by atoms with Crippen molar-refractivity contribution in [3.63, 3.8) is 0 Å². The highest BCUT2D eigenvalue weighted by atomic mass is 16.5. The third kappa shape index (κ3) is 4.57. The number of amides is 3. The summed E-state index contributed by atoms with van der Waals surface area (Å²) in [6, 6.07) is 12.7. The molecule has 6 heteroatoms. The SMILES string of the molecule is Cc1ccc(CC(=O)Oc2ccc(CC[C@@]3(C)NC(=O)NC3=O)cc2)cc1C. The van der Waals surface area contributed by atoms with Crippen LogP contribution in [0.4, 0.5) is 4.79 Å². The van der Waals surface area contributed by atoms with Crippen molar-refractivity contribution in [2.24, 2.45) is 0 Å². The fraction of sp³-hybridized carbons (Fsp3) is 0.318. The molecular formula is C22H24N2O4. The molecule has 146 valence electrons. The molecule has 2 N–H and O–H groups in total. The van der Waals surface area contributed by atoms with Crippen molar-refractivity contribution in [2.45, 2.75) is 45.6 Å². The van der Waals surface area contributed by atoms with Gasteiger partial charge in [0.05, 0.1) is 6.42 Å². The van der Waals surface area contributed by atoms with E-state index in [9.17, 15) is 14.4 Å². The molecule has 0 aromatic heterocycles. The zero-order chi connectivity index (χ0) is 20.3. The zero-order valence-corrected chi connectivity index (χ0v) is 16.3. The number of imide groups is 1. The highest BCUT2D eigenvalue weighted by molar-refractivity contribution is 6.06. The number of esters is 1. The van der Waals surface area contributed by atoms with Crippen LogP contribution >= 0.6 is 0 Å². The summed E-state index contributed by atoms with van der Waals surface area (Å²) < 4.78 is 5.41. The average molecular weight is 380 g/mol. The Bertz CT molecular complexity index is 921. The van der Waals surface area contributed by atoms with Crippen molar-refractivity contribution in [2.75, 3.05) is 0 Å². The van der Waals surface area contributed by atoms with E-state index in [0.717, 1.165) is 16.7 Å². The molecule has 1 aliphatic heterocycles. The molecule has 0 bridgehead atoms. The van der Waals surface area contributed by atoms with Gasteiger partial charge in [-0.25, -0.2) is 4.79 Å². The third-order valence-corrected chi connectivity index (χ3v) is 5.11. The largest absolute Gasteiger partial charge is 0.426 e. The van der Waals surface area contributed by atoms with Gasteiger partial charge in [-0.15, -0.1) is 0 Å². The van der Waals surface area contributed by atoms with Crippen molar-refractivity contribution in [3.05, 3.63) is 64.7 Å². The van der Waals surface area contributed by atoms with E-state index in [4.69, 9.17) is 4.74 Å². The first-order chi connectivity index (χ1) is 13.2. The maximum absolute atomic E-state index is 12.2. The maximum atomic E-state index is 12.2. The first-order valence-corrected chi connectivity index (χ1v) is 9.24. The Labute approximate surface area is 164 Å². The lowest BCUT2D eigenvalue weighted by atomic mass is 9.93. The molecule has 0 saturated carbocycles. The second-order valence-corrected chi connectivity index (χ2v) is 7.45. The standard InChI is InChI=1S/C22H24N2O4/c1-14-4-5-17(12-15(14)2)13-19(25)28-18-8-6-16(7-9-18)10-11-22(3)20(26)23-21(27)24-22/h4-9,12H,10-11,13H2,1-3H3,(H2,23,24,26,27)/t22-/m1/s1. The molecule has 3 rings (SSSR count). The quantitative estimate of drug-likeness (QED) is 0.458. The summed E-state index contributed by atoms with van der Waals surface area (Å²) in [7, 11) is 0. The number of urea groups is 1. The summed E-state index contributed by atoms with van der Waals surface area (Å²) in [5.74, 6) is -0.140. The molecule has 1 aliphatic rings. The summed E-state index contributed by atoms with van der Waals surface area (Å²) in [6.07, 6.45) is 1.31. The molecular weight excluding hydrogens is 356 g/mol. The van der Waals surface area contributed by atoms with E-state index >= 15 is 0 Å². The van der Waals surface area contributed by atoms with E-state index in [0.29, 0.717) is 18.6 Å². The van der Waals surface area contributed by atoms with Crippen LogP contribution in [0.2, 0.25) is 0 Å². The smallest absolute Gasteiger partial charge is 0.322 e. The Hall–Kier alpha value is -3.15. The van der Waals surface area contributed by atoms with Crippen LogP contribution in [-0.2, 0) is 22.4 Å². The molecule has 1 saturated heterocycles. The minimum Gasteiger partial charge on any atom is -0.426 e. The molecule has 2 aromatic rings. The van der Waals surface area contributed by atoms with Gasteiger partial charge >= 0.3 is 12.0 Å². The van der Waals surface area contributed by atoms with Crippen LogP contribution in [0.3, 0.4) is 0 Å². The molecule has 6 nitrogen and oxygen atoms in total. The Kier molecular flexibility index (Phi) is 5.49. The summed E-state index contributed by atoms with van der Waals surface area (Å²) in [6.45, 7) is 5.76. The predicted octanol–water partition coefficient (Wildman–Crippen LogP) is 2.98. The van der Waals surface area contributed by atoms with Crippen LogP contribution in [0.25, 0.3) is 0 Å². The maximum Gasteiger partial charge on any atom is 0.322 e. The van der Waals surface area contributed by atoms with Crippen LogP contribution in [0, 0.1) is 13.8 Å². The number of rotatable bonds is 6. The summed E-state index contributed by atoms with van der Waals surface area (Å²) in [5, 5.41) is 4.90. The lowest BCUT2D eigenvalue weighted by molar-refractivity contribution is -0.133. The molecule has 2 aromatic carbocycles. The van der Waals surface area contributed by atoms with Gasteiger partial charge in [-0.05, 0) is 68.0 Å². The second kappa shape index (κ2) is 7.84. The molecule has 0 unspecified atom stereocenters. The van der Waals surface area contributed by atoms with Gasteiger partial charge in [-0.3, -0.25) is 14.9 Å². The fourth-order valence-corrected chi connectivity index (χ4v) is 3.12. The lowest BCUT2D eigenvalue weighted by Gasteiger charge is -2.20. The monoisotopic (exact) mass is 380 g/mol. The highest BCUT2D eigenvalue weighted by Gasteiger charge is 2.41. The number of ether oxygens (including phenoxy) is 1. The van der Waals surface area contributed by atoms with E-state index in [1.807, 2.05) is 44.2 Å². The van der Waals surface area contributed by atoms with Crippen molar-refractivity contribution >= 4 is 17.9 Å². The van der Waals surface area contributed by atoms with Gasteiger partial charge in [-0.2, -0.15) is 0 Å². The molecule has 0 spiro atoms. The van der Waals surface area contributed by atoms with Crippen LogP contribution in [0.5, 0.6) is 5.75 Å². The van der Waals surface area contributed by atoms with Gasteiger partial charge in [0.25, 0.3) is 5.91 Å². The number of hydrogen-bond acceptors (Lipinski definition) is 4. The minimum absolute atomic E-state index is 0.218. The Morgan fingerprint density at radius 2 is 1.68 bits per heavy atom. The summed E-state index contributed by atoms with van der Waals surface area (Å²) in [5.41, 5.74) is 3.36. The highest BCUT2D eigenvalue weighted by Crippen LogP contribution is 2.20. The van der Waals surface area contributed by atoms with E-state index in [-0.39, 0.29) is 18.3 Å². The molecule has 1 atom stereocenters. The third-order valence-electron chi connectivity index (χ3n) is 5.11. The van der Waals surface area contributed by atoms with Crippen molar-refractivity contribution in [1.82, 2.24) is 10.6 Å². The van der Waals surface area contributed by atoms with E-state index in [2.05, 4.69) is 10.6 Å². The van der Waals surface area contributed by atoms with Gasteiger partial charge in [-0.1, -0.05) is 30.3 Å². The topological polar surface area (TPSA) is 84.5 Å². The van der Waals surface area contributed by atoms with E-state index in [1.165, 1.54) is 5.56 Å². The van der Waals surface area contributed by atoms with Crippen molar-refractivity contribution in [3.8, 4) is 5.75 Å². The Balaban J connectivity index is 1.54. The van der Waals surface area contributed by atoms with E-state index < -0.39 is 11.6 Å². The van der Waals surface area contributed by atoms with Gasteiger partial charge in [0.15, 0.2) is 0 Å².